The van der Waals surface area contributed by atoms with Gasteiger partial charge in [-0.25, -0.2) is 8.78 Å². The van der Waals surface area contributed by atoms with E-state index in [1.54, 1.807) is 30.8 Å². The lowest BCUT2D eigenvalue weighted by Gasteiger charge is -2.39. The molecule has 5 saturated heterocycles. The molecule has 9 atom stereocenters. The van der Waals surface area contributed by atoms with Gasteiger partial charge in [-0.2, -0.15) is 0 Å². The van der Waals surface area contributed by atoms with Crippen molar-refractivity contribution in [2.24, 2.45) is 17.8 Å². The molecule has 2 amide bonds. The van der Waals surface area contributed by atoms with Crippen molar-refractivity contribution in [3.05, 3.63) is 94.6 Å². The molecule has 424 valence electrons. The summed E-state index contributed by atoms with van der Waals surface area (Å²) in [6.07, 6.45) is 4.09. The SMILES string of the molecule is COC[C@H]1C[C@@H](C(=O)Cc2ccc([C@@H]3CC[C@@H](c4ccc(CC(=O)[C@@H]5CCCN5C(=O)[C@@H](CC(=O)OC)[C@@H](C)OC)cc4)N3c3cc(F)c(N4CC[Si]5(CCCC5)CC4)c(F)c3)cc2)N(C(=O)[C@@H](CC(=O)OC)[C@@H](C)OC)C1. The summed E-state index contributed by atoms with van der Waals surface area (Å²) in [7, 11) is 5.73. The van der Waals surface area contributed by atoms with Crippen molar-refractivity contribution < 1.29 is 61.2 Å². The van der Waals surface area contributed by atoms with Crippen molar-refractivity contribution >= 4 is 54.8 Å². The molecule has 18 heteroatoms. The van der Waals surface area contributed by atoms with E-state index in [1.165, 1.54) is 65.5 Å². The zero-order valence-corrected chi connectivity index (χ0v) is 47.6. The van der Waals surface area contributed by atoms with Crippen LogP contribution in [0, 0.1) is 29.4 Å². The molecule has 8 rings (SSSR count). The van der Waals surface area contributed by atoms with Gasteiger partial charge in [-0.05, 0) is 92.4 Å². The Morgan fingerprint density at radius 3 is 1.58 bits per heavy atom. The average Bonchev–Trinajstić information content (AvgIpc) is 4.35. The standard InChI is InChI=1S/C60H80F2N4O11Si/c1-38(74-4)46(34-56(69)76-6)59(71)64-22-10-11-52(64)54(67)30-40-12-16-43(17-13-40)50-20-21-51(66(50)45-32-48(61)58(49(62)33-45)63-23-27-78(28-24-63)25-8-9-26-78)44-18-14-41(15-19-44)31-55(68)53-29-42(37-73-3)36-65(53)60(72)47(39(2)75-5)35-57(70)77-7/h12-19,32-33,38-39,42,46-47,50-53H,8-11,20-31,34-37H2,1-7H3/t38-,39-,42+,46+,47+,50+,51+,52+,53+/m1/s1. The van der Waals surface area contributed by atoms with E-state index in [-0.39, 0.29) is 72.8 Å². The summed E-state index contributed by atoms with van der Waals surface area (Å²) in [6.45, 7) is 5.85. The maximum atomic E-state index is 16.7. The molecule has 0 radical (unpaired) electrons. The number of nitrogens with zero attached hydrogens (tertiary/aromatic N) is 4. The molecule has 0 aliphatic carbocycles. The molecule has 5 heterocycles. The van der Waals surface area contributed by atoms with Gasteiger partial charge in [0.05, 0.1) is 90.0 Å². The van der Waals surface area contributed by atoms with Crippen LogP contribution in [0.3, 0.4) is 0 Å². The second-order valence-electron chi connectivity index (χ2n) is 22.6. The van der Waals surface area contributed by atoms with Crippen LogP contribution in [0.1, 0.15) is 106 Å². The number of carbonyl (C=O) groups excluding carboxylic acids is 6. The van der Waals surface area contributed by atoms with Crippen molar-refractivity contribution in [2.45, 2.75) is 145 Å². The Hall–Kier alpha value is -5.56. The summed E-state index contributed by atoms with van der Waals surface area (Å²) >= 11 is 0. The quantitative estimate of drug-likeness (QED) is 0.0696. The second-order valence-corrected chi connectivity index (χ2v) is 27.6. The summed E-state index contributed by atoms with van der Waals surface area (Å²) in [5, 5.41) is 0. The Kier molecular flexibility index (Phi) is 19.6. The fraction of sp³-hybridized carbons (Fsp3) is 0.600. The molecule has 3 aromatic carbocycles. The van der Waals surface area contributed by atoms with Crippen molar-refractivity contribution in [3.63, 3.8) is 0 Å². The van der Waals surface area contributed by atoms with E-state index in [4.69, 9.17) is 23.7 Å². The first kappa shape index (κ1) is 58.6. The number of esters is 2. The molecule has 0 aromatic heterocycles. The van der Waals surface area contributed by atoms with Gasteiger partial charge in [0.25, 0.3) is 0 Å². The molecule has 0 saturated carbocycles. The first-order valence-corrected chi connectivity index (χ1v) is 30.9. The zero-order chi connectivity index (χ0) is 55.8. The van der Waals surface area contributed by atoms with Crippen LogP contribution < -0.4 is 9.80 Å². The number of likely N-dealkylation sites (tertiary alicyclic amines) is 2. The van der Waals surface area contributed by atoms with E-state index in [9.17, 15) is 28.8 Å². The van der Waals surface area contributed by atoms with E-state index in [0.29, 0.717) is 70.6 Å². The van der Waals surface area contributed by atoms with Crippen molar-refractivity contribution in [3.8, 4) is 0 Å². The van der Waals surface area contributed by atoms with Crippen molar-refractivity contribution in [2.75, 3.05) is 78.1 Å². The number of amides is 2. The van der Waals surface area contributed by atoms with Gasteiger partial charge < -0.3 is 43.3 Å². The van der Waals surface area contributed by atoms with E-state index in [1.807, 2.05) is 53.4 Å². The Bertz CT molecular complexity index is 2580. The van der Waals surface area contributed by atoms with Gasteiger partial charge in [-0.3, -0.25) is 28.8 Å². The van der Waals surface area contributed by atoms with Crippen LogP contribution in [-0.4, -0.2) is 146 Å². The van der Waals surface area contributed by atoms with Gasteiger partial charge >= 0.3 is 11.9 Å². The average molecular weight is 1100 g/mol. The van der Waals surface area contributed by atoms with Crippen LogP contribution in [0.2, 0.25) is 24.2 Å². The Morgan fingerprint density at radius 1 is 0.615 bits per heavy atom. The molecule has 5 aliphatic heterocycles. The molecule has 15 nitrogen and oxygen atoms in total. The summed E-state index contributed by atoms with van der Waals surface area (Å²) < 4.78 is 59.5. The van der Waals surface area contributed by atoms with E-state index < -0.39 is 67.8 Å². The monoisotopic (exact) mass is 1100 g/mol. The highest BCUT2D eigenvalue weighted by Crippen LogP contribution is 2.49. The summed E-state index contributed by atoms with van der Waals surface area (Å²) in [6, 6.07) is 21.3. The van der Waals surface area contributed by atoms with Crippen molar-refractivity contribution in [1.29, 1.82) is 0 Å². The van der Waals surface area contributed by atoms with Gasteiger partial charge in [0.2, 0.25) is 11.8 Å². The van der Waals surface area contributed by atoms with Crippen LogP contribution in [-0.2, 0) is 65.3 Å². The number of halogens is 2. The summed E-state index contributed by atoms with van der Waals surface area (Å²) in [5.74, 6) is -4.86. The van der Waals surface area contributed by atoms with Crippen LogP contribution in [0.15, 0.2) is 60.7 Å². The molecule has 78 heavy (non-hydrogen) atoms. The fourth-order valence-electron chi connectivity index (χ4n) is 13.4. The first-order chi connectivity index (χ1) is 37.5. The van der Waals surface area contributed by atoms with Gasteiger partial charge in [-0.1, -0.05) is 73.5 Å². The van der Waals surface area contributed by atoms with E-state index >= 15 is 8.78 Å². The number of Topliss-reactive ketones (excluding diaryl/α,β-unsaturated/α-hetero) is 2. The molecule has 0 unspecified atom stereocenters. The van der Waals surface area contributed by atoms with Crippen LogP contribution in [0.4, 0.5) is 20.2 Å². The van der Waals surface area contributed by atoms with Crippen LogP contribution >= 0.6 is 0 Å². The molecule has 0 bridgehead atoms. The molecule has 1 spiro atoms. The van der Waals surface area contributed by atoms with Gasteiger partial charge in [0, 0.05) is 72.0 Å². The number of hydrogen-bond acceptors (Lipinski definition) is 13. The fourth-order valence-corrected chi connectivity index (χ4v) is 18.4. The molecule has 5 fully saturated rings. The first-order valence-electron chi connectivity index (χ1n) is 28.1. The zero-order valence-electron chi connectivity index (χ0n) is 46.6. The topological polar surface area (TPSA) is 162 Å². The third kappa shape index (κ3) is 13.0. The van der Waals surface area contributed by atoms with Gasteiger partial charge in [0.1, 0.15) is 5.69 Å². The summed E-state index contributed by atoms with van der Waals surface area (Å²) in [5.41, 5.74) is 3.79. The number of ketones is 2. The minimum absolute atomic E-state index is 0.0360. The smallest absolute Gasteiger partial charge is 0.306 e. The number of hydrogen-bond donors (Lipinski definition) is 0. The number of anilines is 2. The third-order valence-electron chi connectivity index (χ3n) is 18.1. The molecular formula is C60H80F2N4O11Si. The Morgan fingerprint density at radius 2 is 1.10 bits per heavy atom. The number of methoxy groups -OCH3 is 5. The van der Waals surface area contributed by atoms with Gasteiger partial charge in [-0.15, -0.1) is 0 Å². The van der Waals surface area contributed by atoms with Crippen LogP contribution in [0.25, 0.3) is 0 Å². The molecule has 3 aromatic rings. The van der Waals surface area contributed by atoms with E-state index in [2.05, 4.69) is 4.90 Å². The lowest BCUT2D eigenvalue weighted by Crippen LogP contribution is -2.47. The maximum Gasteiger partial charge on any atom is 0.306 e. The van der Waals surface area contributed by atoms with E-state index in [0.717, 1.165) is 34.3 Å². The molecule has 5 aliphatic rings. The maximum absolute atomic E-state index is 16.7. The lowest BCUT2D eigenvalue weighted by molar-refractivity contribution is -0.152. The largest absolute Gasteiger partial charge is 0.469 e. The number of carbonyl (C=O) groups is 6. The Labute approximate surface area is 459 Å². The molecule has 0 N–H and O–H groups in total. The Balaban J connectivity index is 1.02. The third-order valence-corrected chi connectivity index (χ3v) is 23.5. The van der Waals surface area contributed by atoms with Gasteiger partial charge in [0.15, 0.2) is 23.2 Å². The minimum Gasteiger partial charge on any atom is -0.469 e. The number of ether oxygens (including phenoxy) is 5. The lowest BCUT2D eigenvalue weighted by atomic mass is 9.95. The predicted molar refractivity (Wildman–Crippen MR) is 294 cm³/mol. The molecular weight excluding hydrogens is 1020 g/mol. The highest BCUT2D eigenvalue weighted by molar-refractivity contribution is 6.80. The minimum atomic E-state index is -1.35. The normalized spacial score (nSPS) is 23.6. The van der Waals surface area contributed by atoms with Crippen molar-refractivity contribution in [1.82, 2.24) is 9.80 Å². The number of benzene rings is 3. The summed E-state index contributed by atoms with van der Waals surface area (Å²) in [4.78, 5) is 88.1. The second kappa shape index (κ2) is 26.1. The highest BCUT2D eigenvalue weighted by atomic mass is 28.3. The highest BCUT2D eigenvalue weighted by Gasteiger charge is 2.45. The predicted octanol–water partition coefficient (Wildman–Crippen LogP) is 8.62. The number of rotatable bonds is 22. The van der Waals surface area contributed by atoms with Crippen LogP contribution in [0.5, 0.6) is 0 Å².